The van der Waals surface area contributed by atoms with Crippen LogP contribution < -0.4 is 10.5 Å². The molecule has 2 atom stereocenters. The van der Waals surface area contributed by atoms with Gasteiger partial charge < -0.3 is 10.5 Å². The largest absolute Gasteiger partial charge is 0.493 e. The van der Waals surface area contributed by atoms with Crippen LogP contribution >= 0.6 is 0 Å². The van der Waals surface area contributed by atoms with Gasteiger partial charge in [-0.2, -0.15) is 5.10 Å². The molecule has 0 aliphatic heterocycles. The van der Waals surface area contributed by atoms with Crippen LogP contribution in [-0.4, -0.2) is 16.9 Å². The van der Waals surface area contributed by atoms with Crippen LogP contribution in [0.3, 0.4) is 0 Å². The van der Waals surface area contributed by atoms with Gasteiger partial charge in [0.05, 0.1) is 25.0 Å². The minimum atomic E-state index is 0.0338. The van der Waals surface area contributed by atoms with E-state index in [-0.39, 0.29) is 6.04 Å². The molecule has 96 valence electrons. The number of aryl methyl sites for hydroxylation is 1. The predicted molar refractivity (Wildman–Crippen MR) is 67.9 cm³/mol. The van der Waals surface area contributed by atoms with Gasteiger partial charge in [-0.05, 0) is 31.1 Å². The Hall–Kier alpha value is -1.03. The molecular weight excluding hydrogens is 214 g/mol. The lowest BCUT2D eigenvalue weighted by Gasteiger charge is -2.21. The molecule has 1 aliphatic rings. The highest BCUT2D eigenvalue weighted by atomic mass is 16.5. The molecule has 0 amide bonds. The minimum absolute atomic E-state index is 0.0338. The van der Waals surface area contributed by atoms with Crippen molar-refractivity contribution < 1.29 is 4.74 Å². The summed E-state index contributed by atoms with van der Waals surface area (Å²) in [5.74, 6) is 2.13. The van der Waals surface area contributed by atoms with Crippen LogP contribution in [-0.2, 0) is 6.54 Å². The first kappa shape index (κ1) is 12.4. The molecule has 4 nitrogen and oxygen atoms in total. The zero-order chi connectivity index (χ0) is 12.4. The summed E-state index contributed by atoms with van der Waals surface area (Å²) in [5, 5.41) is 4.37. The first-order valence-electron chi connectivity index (χ1n) is 6.54. The van der Waals surface area contributed by atoms with Crippen molar-refractivity contribution in [2.75, 3.05) is 7.11 Å². The molecule has 2 rings (SSSR count). The lowest BCUT2D eigenvalue weighted by atomic mass is 9.94. The molecule has 1 aliphatic carbocycles. The first-order chi connectivity index (χ1) is 8.19. The number of aromatic nitrogens is 2. The maximum Gasteiger partial charge on any atom is 0.161 e. The van der Waals surface area contributed by atoms with Crippen LogP contribution in [0.4, 0.5) is 0 Å². The molecule has 0 spiro atoms. The average Bonchev–Trinajstić information content (AvgIpc) is 3.10. The van der Waals surface area contributed by atoms with Gasteiger partial charge in [-0.3, -0.25) is 4.68 Å². The van der Waals surface area contributed by atoms with Crippen molar-refractivity contribution in [2.45, 2.75) is 45.7 Å². The molecule has 2 unspecified atom stereocenters. The number of hydrogen-bond acceptors (Lipinski definition) is 3. The van der Waals surface area contributed by atoms with E-state index in [1.807, 2.05) is 4.68 Å². The molecule has 1 aromatic rings. The number of hydrogen-bond donors (Lipinski definition) is 1. The van der Waals surface area contributed by atoms with E-state index in [2.05, 4.69) is 18.9 Å². The molecule has 0 bridgehead atoms. The van der Waals surface area contributed by atoms with E-state index in [4.69, 9.17) is 10.5 Å². The fourth-order valence-corrected chi connectivity index (χ4v) is 2.43. The fourth-order valence-electron chi connectivity index (χ4n) is 2.43. The summed E-state index contributed by atoms with van der Waals surface area (Å²) in [6.07, 6.45) is 5.48. The number of rotatable bonds is 6. The van der Waals surface area contributed by atoms with E-state index >= 15 is 0 Å². The Balaban J connectivity index is 2.23. The van der Waals surface area contributed by atoms with Gasteiger partial charge in [0.15, 0.2) is 5.75 Å². The van der Waals surface area contributed by atoms with Gasteiger partial charge in [-0.25, -0.2) is 0 Å². The standard InChI is InChI=1S/C13H23N3O/c1-4-7-16-13(11(17-3)8-15-16)12(14)9(2)10-5-6-10/h8-10,12H,4-7,14H2,1-3H3. The highest BCUT2D eigenvalue weighted by Crippen LogP contribution is 2.43. The van der Waals surface area contributed by atoms with Crippen molar-refractivity contribution in [3.63, 3.8) is 0 Å². The molecule has 1 fully saturated rings. The zero-order valence-corrected chi connectivity index (χ0v) is 11.0. The highest BCUT2D eigenvalue weighted by Gasteiger charge is 2.34. The summed E-state index contributed by atoms with van der Waals surface area (Å²) in [5.41, 5.74) is 7.45. The molecule has 1 saturated carbocycles. The third kappa shape index (κ3) is 2.46. The Morgan fingerprint density at radius 1 is 1.59 bits per heavy atom. The number of ether oxygens (including phenoxy) is 1. The van der Waals surface area contributed by atoms with Crippen molar-refractivity contribution in [3.05, 3.63) is 11.9 Å². The molecule has 0 radical (unpaired) electrons. The third-order valence-electron chi connectivity index (χ3n) is 3.75. The quantitative estimate of drug-likeness (QED) is 0.826. The molecule has 0 aromatic carbocycles. The summed E-state index contributed by atoms with van der Waals surface area (Å²) in [7, 11) is 1.69. The molecule has 1 heterocycles. The SMILES string of the molecule is CCCn1ncc(OC)c1C(N)C(C)C1CC1. The minimum Gasteiger partial charge on any atom is -0.493 e. The van der Waals surface area contributed by atoms with E-state index in [9.17, 15) is 0 Å². The maximum absolute atomic E-state index is 6.39. The van der Waals surface area contributed by atoms with Gasteiger partial charge in [-0.1, -0.05) is 13.8 Å². The Labute approximate surface area is 103 Å². The van der Waals surface area contributed by atoms with Crippen molar-refractivity contribution in [2.24, 2.45) is 17.6 Å². The van der Waals surface area contributed by atoms with Gasteiger partial charge in [-0.15, -0.1) is 0 Å². The normalized spacial score (nSPS) is 19.1. The van der Waals surface area contributed by atoms with Crippen molar-refractivity contribution >= 4 is 0 Å². The van der Waals surface area contributed by atoms with Gasteiger partial charge in [0, 0.05) is 6.54 Å². The highest BCUT2D eigenvalue weighted by molar-refractivity contribution is 5.29. The van der Waals surface area contributed by atoms with Crippen LogP contribution in [0.25, 0.3) is 0 Å². The van der Waals surface area contributed by atoms with Crippen LogP contribution in [0, 0.1) is 11.8 Å². The summed E-state index contributed by atoms with van der Waals surface area (Å²) >= 11 is 0. The van der Waals surface area contributed by atoms with Gasteiger partial charge in [0.25, 0.3) is 0 Å². The Kier molecular flexibility index (Phi) is 3.72. The summed E-state index contributed by atoms with van der Waals surface area (Å²) in [6.45, 7) is 5.29. The van der Waals surface area contributed by atoms with Crippen molar-refractivity contribution in [1.29, 1.82) is 0 Å². The second-order valence-electron chi connectivity index (χ2n) is 5.04. The van der Waals surface area contributed by atoms with Crippen LogP contribution in [0.1, 0.15) is 44.8 Å². The van der Waals surface area contributed by atoms with E-state index < -0.39 is 0 Å². The van der Waals surface area contributed by atoms with E-state index in [1.165, 1.54) is 12.8 Å². The molecule has 1 aromatic heterocycles. The second-order valence-corrected chi connectivity index (χ2v) is 5.04. The summed E-state index contributed by atoms with van der Waals surface area (Å²) in [4.78, 5) is 0. The van der Waals surface area contributed by atoms with E-state index in [0.29, 0.717) is 5.92 Å². The molecule has 2 N–H and O–H groups in total. The Bertz CT molecular complexity index is 371. The first-order valence-corrected chi connectivity index (χ1v) is 6.54. The maximum atomic E-state index is 6.39. The van der Waals surface area contributed by atoms with Gasteiger partial charge >= 0.3 is 0 Å². The topological polar surface area (TPSA) is 53.1 Å². The van der Waals surface area contributed by atoms with Crippen LogP contribution in [0.15, 0.2) is 6.20 Å². The summed E-state index contributed by atoms with van der Waals surface area (Å²) in [6, 6.07) is 0.0338. The van der Waals surface area contributed by atoms with Gasteiger partial charge in [0.2, 0.25) is 0 Å². The smallest absolute Gasteiger partial charge is 0.161 e. The monoisotopic (exact) mass is 237 g/mol. The van der Waals surface area contributed by atoms with Crippen molar-refractivity contribution in [1.82, 2.24) is 9.78 Å². The van der Waals surface area contributed by atoms with Gasteiger partial charge in [0.1, 0.15) is 0 Å². The Morgan fingerprint density at radius 3 is 2.82 bits per heavy atom. The Morgan fingerprint density at radius 2 is 2.29 bits per heavy atom. The fraction of sp³-hybridized carbons (Fsp3) is 0.769. The molecule has 17 heavy (non-hydrogen) atoms. The molecule has 0 saturated heterocycles. The van der Waals surface area contributed by atoms with Crippen molar-refractivity contribution in [3.8, 4) is 5.75 Å². The number of nitrogens with two attached hydrogens (primary N) is 1. The van der Waals surface area contributed by atoms with Crippen LogP contribution in [0.2, 0.25) is 0 Å². The molecular formula is C13H23N3O. The lowest BCUT2D eigenvalue weighted by Crippen LogP contribution is -2.24. The zero-order valence-electron chi connectivity index (χ0n) is 11.0. The average molecular weight is 237 g/mol. The van der Waals surface area contributed by atoms with Crippen LogP contribution in [0.5, 0.6) is 5.75 Å². The summed E-state index contributed by atoms with van der Waals surface area (Å²) < 4.78 is 7.38. The molecule has 4 heteroatoms. The number of nitrogens with zero attached hydrogens (tertiary/aromatic N) is 2. The lowest BCUT2D eigenvalue weighted by molar-refractivity contribution is 0.359. The third-order valence-corrected chi connectivity index (χ3v) is 3.75. The number of methoxy groups -OCH3 is 1. The van der Waals surface area contributed by atoms with E-state index in [1.54, 1.807) is 13.3 Å². The predicted octanol–water partition coefficient (Wildman–Crippen LogP) is 2.35. The van der Waals surface area contributed by atoms with E-state index in [0.717, 1.165) is 30.3 Å². The second kappa shape index (κ2) is 5.08.